The minimum Gasteiger partial charge on any atom is -0.464 e. The predicted molar refractivity (Wildman–Crippen MR) is 212 cm³/mol. The summed E-state index contributed by atoms with van der Waals surface area (Å²) in [5, 5.41) is 3.19. The van der Waals surface area contributed by atoms with Crippen molar-refractivity contribution in [3.8, 4) is 0 Å². The molecule has 0 saturated carbocycles. The molecule has 0 aliphatic rings. The van der Waals surface area contributed by atoms with Crippen LogP contribution < -0.4 is 5.32 Å². The van der Waals surface area contributed by atoms with Crippen molar-refractivity contribution in [2.24, 2.45) is 0 Å². The summed E-state index contributed by atoms with van der Waals surface area (Å²) in [5.41, 5.74) is 0. The Morgan fingerprint density at radius 3 is 0.882 bits per heavy atom. The molecule has 0 aliphatic carbocycles. The third-order valence-electron chi connectivity index (χ3n) is 9.26. The van der Waals surface area contributed by atoms with Gasteiger partial charge in [-0.05, 0) is 12.8 Å². The molecule has 9 nitrogen and oxygen atoms in total. The number of esters is 2. The Morgan fingerprint density at radius 1 is 0.451 bits per heavy atom. The largest absolute Gasteiger partial charge is 0.464 e. The van der Waals surface area contributed by atoms with Crippen LogP contribution in [0, 0.1) is 0 Å². The van der Waals surface area contributed by atoms with Gasteiger partial charge in [-0.1, -0.05) is 194 Å². The number of hydrogen-bond donors (Lipinski definition) is 2. The van der Waals surface area contributed by atoms with Gasteiger partial charge in [0.15, 0.2) is 0 Å². The average molecular weight is 750 g/mol. The standard InChI is InChI=1S/C40H79NO4.CH4O4S/c1-3-5-7-9-11-13-15-17-19-21-23-25-27-29-31-33-39(42)44-37-35-41-36-38-45-40(43)34-32-30-28-26-24-22-20-18-16-14-12-10-8-6-4-2;1-5-6(2,3)4/h41H,3-38H2,1-2H3;1H3,(H,2,3,4). The monoisotopic (exact) mass is 750 g/mol. The van der Waals surface area contributed by atoms with Gasteiger partial charge in [-0.15, -0.1) is 0 Å². The van der Waals surface area contributed by atoms with Gasteiger partial charge in [-0.2, -0.15) is 8.42 Å². The number of carbonyl (C=O) groups excluding carboxylic acids is 2. The second-order valence-electron chi connectivity index (χ2n) is 14.2. The van der Waals surface area contributed by atoms with Crippen molar-refractivity contribution in [1.82, 2.24) is 5.32 Å². The van der Waals surface area contributed by atoms with Crippen molar-refractivity contribution in [1.29, 1.82) is 0 Å². The van der Waals surface area contributed by atoms with Crippen LogP contribution in [0.4, 0.5) is 0 Å². The van der Waals surface area contributed by atoms with Gasteiger partial charge in [-0.3, -0.25) is 18.3 Å². The van der Waals surface area contributed by atoms with Crippen LogP contribution in [0.25, 0.3) is 0 Å². The molecule has 0 saturated heterocycles. The predicted octanol–water partition coefficient (Wildman–Crippen LogP) is 11.6. The highest BCUT2D eigenvalue weighted by Gasteiger charge is 2.04. The van der Waals surface area contributed by atoms with Crippen LogP contribution in [-0.4, -0.2) is 58.3 Å². The third-order valence-corrected chi connectivity index (χ3v) is 9.68. The molecule has 0 spiro atoms. The molecule has 0 fully saturated rings. The van der Waals surface area contributed by atoms with Crippen LogP contribution in [-0.2, 0) is 33.6 Å². The molecule has 306 valence electrons. The van der Waals surface area contributed by atoms with E-state index in [0.29, 0.717) is 39.1 Å². The summed E-state index contributed by atoms with van der Waals surface area (Å²) in [6.45, 7) is 6.51. The van der Waals surface area contributed by atoms with Crippen LogP contribution >= 0.6 is 0 Å². The molecule has 0 atom stereocenters. The average Bonchev–Trinajstić information content (AvgIpc) is 3.11. The number of unbranched alkanes of at least 4 members (excludes halogenated alkanes) is 28. The molecule has 0 aromatic carbocycles. The molecular formula is C41H83NO8S. The molecule has 0 aromatic rings. The maximum Gasteiger partial charge on any atom is 0.397 e. The zero-order chi connectivity index (χ0) is 37.9. The minimum atomic E-state index is -4.16. The molecule has 0 radical (unpaired) electrons. The van der Waals surface area contributed by atoms with Gasteiger partial charge in [0.1, 0.15) is 13.2 Å². The normalized spacial score (nSPS) is 11.3. The quantitative estimate of drug-likeness (QED) is 0.0358. The van der Waals surface area contributed by atoms with Crippen LogP contribution in [0.5, 0.6) is 0 Å². The van der Waals surface area contributed by atoms with Crippen molar-refractivity contribution in [2.45, 2.75) is 219 Å². The summed E-state index contributed by atoms with van der Waals surface area (Å²) in [5.74, 6) is -0.192. The van der Waals surface area contributed by atoms with Gasteiger partial charge in [0.05, 0.1) is 7.11 Å². The fourth-order valence-corrected chi connectivity index (χ4v) is 6.02. The molecule has 0 bridgehead atoms. The summed E-state index contributed by atoms with van der Waals surface area (Å²) in [4.78, 5) is 23.8. The highest BCUT2D eigenvalue weighted by Crippen LogP contribution is 2.15. The first-order valence-electron chi connectivity index (χ1n) is 21.3. The Hall–Kier alpha value is -1.23. The SMILES string of the molecule is CCCCCCCCCCCCCCCCCC(=O)OCCNCCOC(=O)CCCCCCCCCCCCCCCCC.COS(=O)(=O)O. The van der Waals surface area contributed by atoms with E-state index in [-0.39, 0.29) is 11.9 Å². The van der Waals surface area contributed by atoms with Gasteiger partial charge in [-0.25, -0.2) is 0 Å². The summed E-state index contributed by atoms with van der Waals surface area (Å²) in [7, 11) is -3.29. The van der Waals surface area contributed by atoms with E-state index in [9.17, 15) is 18.0 Å². The zero-order valence-electron chi connectivity index (χ0n) is 33.7. The maximum atomic E-state index is 11.9. The lowest BCUT2D eigenvalue weighted by Gasteiger charge is -2.08. The molecule has 10 heteroatoms. The second-order valence-corrected chi connectivity index (χ2v) is 15.4. The molecule has 0 aromatic heterocycles. The third kappa shape index (κ3) is 50.9. The Balaban J connectivity index is 0. The molecule has 2 N–H and O–H groups in total. The molecule has 0 rings (SSSR count). The van der Waals surface area contributed by atoms with Crippen molar-refractivity contribution in [3.05, 3.63) is 0 Å². The van der Waals surface area contributed by atoms with E-state index in [0.717, 1.165) is 32.8 Å². The number of ether oxygens (including phenoxy) is 2. The van der Waals surface area contributed by atoms with Crippen molar-refractivity contribution >= 4 is 22.3 Å². The van der Waals surface area contributed by atoms with Crippen molar-refractivity contribution < 1.29 is 36.2 Å². The first kappa shape index (κ1) is 51.9. The van der Waals surface area contributed by atoms with Gasteiger partial charge >= 0.3 is 22.3 Å². The van der Waals surface area contributed by atoms with E-state index in [4.69, 9.17) is 14.0 Å². The molecule has 0 unspecified atom stereocenters. The summed E-state index contributed by atoms with van der Waals surface area (Å²) >= 11 is 0. The van der Waals surface area contributed by atoms with Crippen LogP contribution in [0.2, 0.25) is 0 Å². The van der Waals surface area contributed by atoms with E-state index in [1.807, 2.05) is 0 Å². The molecule has 0 aliphatic heterocycles. The van der Waals surface area contributed by atoms with Gasteiger partial charge in [0, 0.05) is 25.9 Å². The fourth-order valence-electron chi connectivity index (χ4n) is 6.02. The lowest BCUT2D eigenvalue weighted by molar-refractivity contribution is -0.143. The fraction of sp³-hybridized carbons (Fsp3) is 0.951. The Morgan fingerprint density at radius 2 is 0.667 bits per heavy atom. The topological polar surface area (TPSA) is 128 Å². The highest BCUT2D eigenvalue weighted by atomic mass is 32.3. The van der Waals surface area contributed by atoms with E-state index >= 15 is 0 Å². The summed E-state index contributed by atoms with van der Waals surface area (Å²) < 4.78 is 40.3. The Labute approximate surface area is 315 Å². The van der Waals surface area contributed by atoms with Crippen LogP contribution in [0.15, 0.2) is 0 Å². The highest BCUT2D eigenvalue weighted by molar-refractivity contribution is 7.80. The van der Waals surface area contributed by atoms with E-state index < -0.39 is 10.4 Å². The lowest BCUT2D eigenvalue weighted by atomic mass is 10.0. The lowest BCUT2D eigenvalue weighted by Crippen LogP contribution is -2.26. The number of rotatable bonds is 39. The van der Waals surface area contributed by atoms with Gasteiger partial charge in [0.2, 0.25) is 0 Å². The van der Waals surface area contributed by atoms with Crippen LogP contribution in [0.1, 0.15) is 219 Å². The molecule has 0 amide bonds. The molecular weight excluding hydrogens is 667 g/mol. The van der Waals surface area contributed by atoms with E-state index in [1.165, 1.54) is 167 Å². The molecule has 0 heterocycles. The van der Waals surface area contributed by atoms with Gasteiger partial charge in [0.25, 0.3) is 0 Å². The van der Waals surface area contributed by atoms with Crippen molar-refractivity contribution in [2.75, 3.05) is 33.4 Å². The first-order chi connectivity index (χ1) is 24.8. The number of carbonyl (C=O) groups is 2. The van der Waals surface area contributed by atoms with Crippen LogP contribution in [0.3, 0.4) is 0 Å². The zero-order valence-corrected chi connectivity index (χ0v) is 34.5. The van der Waals surface area contributed by atoms with Gasteiger partial charge < -0.3 is 14.8 Å². The second kappa shape index (κ2) is 43.2. The number of nitrogens with one attached hydrogen (secondary N) is 1. The first-order valence-corrected chi connectivity index (χ1v) is 22.7. The van der Waals surface area contributed by atoms with Crippen molar-refractivity contribution in [3.63, 3.8) is 0 Å². The smallest absolute Gasteiger partial charge is 0.397 e. The summed E-state index contributed by atoms with van der Waals surface area (Å²) in [6.07, 6.45) is 40.9. The number of hydrogen-bond acceptors (Lipinski definition) is 8. The maximum absolute atomic E-state index is 11.9. The summed E-state index contributed by atoms with van der Waals surface area (Å²) in [6, 6.07) is 0. The minimum absolute atomic E-state index is 0.0959. The van der Waals surface area contributed by atoms with E-state index in [1.54, 1.807) is 0 Å². The Bertz CT molecular complexity index is 774. The van der Waals surface area contributed by atoms with E-state index in [2.05, 4.69) is 23.3 Å². The molecule has 51 heavy (non-hydrogen) atoms. The Kier molecular flexibility index (Phi) is 43.9.